The van der Waals surface area contributed by atoms with Crippen molar-refractivity contribution in [2.45, 2.75) is 12.0 Å². The average Bonchev–Trinajstić information content (AvgIpc) is 3.49. The largest absolute Gasteiger partial charge is 0.497 e. The number of hydrogen-bond acceptors (Lipinski definition) is 6. The second-order valence-electron chi connectivity index (χ2n) is 8.46. The smallest absolute Gasteiger partial charge is 0.309 e. The van der Waals surface area contributed by atoms with Gasteiger partial charge in [0.15, 0.2) is 11.5 Å². The number of nitrogens with zero attached hydrogens (tertiary/aromatic N) is 1. The Bertz CT molecular complexity index is 1130. The maximum Gasteiger partial charge on any atom is 0.309 e. The van der Waals surface area contributed by atoms with Crippen LogP contribution in [-0.4, -0.2) is 49.6 Å². The molecule has 2 heterocycles. The minimum atomic E-state index is -0.824. The van der Waals surface area contributed by atoms with Crippen molar-refractivity contribution in [3.8, 4) is 23.0 Å². The second kappa shape index (κ2) is 9.65. The number of hydrogen-bond donors (Lipinski definition) is 1. The van der Waals surface area contributed by atoms with E-state index in [0.717, 1.165) is 22.6 Å². The summed E-state index contributed by atoms with van der Waals surface area (Å²) in [4.78, 5) is 14.8. The summed E-state index contributed by atoms with van der Waals surface area (Å²) >= 11 is 0. The maximum absolute atomic E-state index is 12.6. The molecule has 2 aliphatic rings. The number of rotatable bonds is 8. The van der Waals surface area contributed by atoms with Gasteiger partial charge >= 0.3 is 5.97 Å². The fourth-order valence-corrected chi connectivity index (χ4v) is 4.94. The van der Waals surface area contributed by atoms with E-state index in [1.165, 1.54) is 0 Å². The molecule has 0 amide bonds. The Kier molecular flexibility index (Phi) is 6.27. The highest BCUT2D eigenvalue weighted by molar-refractivity contribution is 5.74. The summed E-state index contributed by atoms with van der Waals surface area (Å²) in [5.74, 6) is 1.21. The van der Waals surface area contributed by atoms with Gasteiger partial charge in [-0.2, -0.15) is 0 Å². The Morgan fingerprint density at radius 3 is 2.44 bits per heavy atom. The summed E-state index contributed by atoms with van der Waals surface area (Å²) in [7, 11) is 1.62. The number of para-hydroxylation sites is 1. The summed E-state index contributed by atoms with van der Waals surface area (Å²) in [5.41, 5.74) is 1.87. The number of carboxylic acid groups (broad SMARTS) is 1. The molecule has 0 radical (unpaired) electrons. The molecule has 176 valence electrons. The Hall–Kier alpha value is -3.71. The van der Waals surface area contributed by atoms with Crippen LogP contribution in [0.3, 0.4) is 0 Å². The average molecular weight is 462 g/mol. The third kappa shape index (κ3) is 4.39. The molecule has 7 nitrogen and oxygen atoms in total. The fraction of sp³-hybridized carbons (Fsp3) is 0.296. The van der Waals surface area contributed by atoms with Gasteiger partial charge in [0.2, 0.25) is 6.79 Å². The first-order valence-corrected chi connectivity index (χ1v) is 11.3. The molecular formula is C27H27NO6. The molecule has 0 spiro atoms. The summed E-state index contributed by atoms with van der Waals surface area (Å²) in [6, 6.07) is 22.7. The third-order valence-electron chi connectivity index (χ3n) is 6.56. The number of likely N-dealkylation sites (tertiary alicyclic amines) is 1. The van der Waals surface area contributed by atoms with E-state index in [9.17, 15) is 9.90 Å². The van der Waals surface area contributed by atoms with Crippen molar-refractivity contribution in [2.24, 2.45) is 5.92 Å². The van der Waals surface area contributed by atoms with E-state index in [1.807, 2.05) is 72.8 Å². The van der Waals surface area contributed by atoms with Gasteiger partial charge in [-0.05, 0) is 47.5 Å². The number of aliphatic carboxylic acids is 1. The van der Waals surface area contributed by atoms with Gasteiger partial charge in [-0.1, -0.05) is 36.4 Å². The van der Waals surface area contributed by atoms with Crippen LogP contribution in [0.15, 0.2) is 72.8 Å². The van der Waals surface area contributed by atoms with Crippen molar-refractivity contribution in [3.05, 3.63) is 83.9 Å². The lowest BCUT2D eigenvalue weighted by atomic mass is 9.82. The van der Waals surface area contributed by atoms with Gasteiger partial charge in [0.1, 0.15) is 18.1 Å². The molecule has 1 fully saturated rings. The molecule has 5 rings (SSSR count). The van der Waals surface area contributed by atoms with Gasteiger partial charge in [0, 0.05) is 25.0 Å². The SMILES string of the molecule is COc1ccc([C@@H]2[C@@H](C(=O)O)[C@H](c3ccc4c(c3)OCO4)CN2CCOc2ccccc2)cc1. The van der Waals surface area contributed by atoms with Gasteiger partial charge in [-0.3, -0.25) is 9.69 Å². The quantitative estimate of drug-likeness (QED) is 0.535. The molecule has 0 bridgehead atoms. The molecule has 1 N–H and O–H groups in total. The zero-order valence-corrected chi connectivity index (χ0v) is 18.9. The molecule has 3 aromatic carbocycles. The number of methoxy groups -OCH3 is 1. The minimum absolute atomic E-state index is 0.184. The Morgan fingerprint density at radius 2 is 1.71 bits per heavy atom. The molecule has 0 unspecified atom stereocenters. The maximum atomic E-state index is 12.6. The van der Waals surface area contributed by atoms with E-state index in [0.29, 0.717) is 31.2 Å². The number of fused-ring (bicyclic) bond motifs is 1. The van der Waals surface area contributed by atoms with E-state index in [4.69, 9.17) is 18.9 Å². The van der Waals surface area contributed by atoms with Crippen LogP contribution in [0.5, 0.6) is 23.0 Å². The summed E-state index contributed by atoms with van der Waals surface area (Å²) in [5, 5.41) is 10.4. The van der Waals surface area contributed by atoms with E-state index in [-0.39, 0.29) is 18.8 Å². The monoisotopic (exact) mass is 461 g/mol. The minimum Gasteiger partial charge on any atom is -0.497 e. The first kappa shape index (κ1) is 22.1. The molecule has 1 saturated heterocycles. The lowest BCUT2D eigenvalue weighted by Crippen LogP contribution is -2.31. The Morgan fingerprint density at radius 1 is 0.971 bits per heavy atom. The van der Waals surface area contributed by atoms with Crippen LogP contribution in [0.4, 0.5) is 0 Å². The predicted molar refractivity (Wildman–Crippen MR) is 126 cm³/mol. The van der Waals surface area contributed by atoms with Gasteiger partial charge in [0.05, 0.1) is 13.0 Å². The predicted octanol–water partition coefficient (Wildman–Crippen LogP) is 4.34. The third-order valence-corrected chi connectivity index (χ3v) is 6.56. The normalized spacial score (nSPS) is 21.4. The first-order chi connectivity index (χ1) is 16.6. The van der Waals surface area contributed by atoms with Crippen LogP contribution in [0, 0.1) is 5.92 Å². The van der Waals surface area contributed by atoms with Gasteiger partial charge in [-0.25, -0.2) is 0 Å². The standard InChI is InChI=1S/C27H27NO6/c1-31-20-10-7-18(8-11-20)26-25(27(29)30)22(19-9-12-23-24(15-19)34-17-33-23)16-28(26)13-14-32-21-5-3-2-4-6-21/h2-12,15,22,25-26H,13-14,16-17H2,1H3,(H,29,30)/t22-,25-,26+/m0/s1. The number of carboxylic acids is 1. The molecule has 3 atom stereocenters. The van der Waals surface area contributed by atoms with Gasteiger partial charge < -0.3 is 24.1 Å². The number of ether oxygens (including phenoxy) is 4. The Balaban J connectivity index is 1.44. The molecule has 2 aliphatic heterocycles. The van der Waals surface area contributed by atoms with Crippen LogP contribution in [-0.2, 0) is 4.79 Å². The van der Waals surface area contributed by atoms with E-state index in [2.05, 4.69) is 4.90 Å². The summed E-state index contributed by atoms with van der Waals surface area (Å²) < 4.78 is 22.2. The zero-order valence-electron chi connectivity index (χ0n) is 18.9. The highest BCUT2D eigenvalue weighted by atomic mass is 16.7. The van der Waals surface area contributed by atoms with Crippen LogP contribution in [0.25, 0.3) is 0 Å². The number of benzene rings is 3. The molecule has 0 saturated carbocycles. The molecule has 3 aromatic rings. The van der Waals surface area contributed by atoms with Crippen molar-refractivity contribution in [3.63, 3.8) is 0 Å². The molecule has 34 heavy (non-hydrogen) atoms. The van der Waals surface area contributed by atoms with Crippen LogP contribution < -0.4 is 18.9 Å². The second-order valence-corrected chi connectivity index (χ2v) is 8.46. The van der Waals surface area contributed by atoms with Crippen LogP contribution >= 0.6 is 0 Å². The van der Waals surface area contributed by atoms with Crippen LogP contribution in [0.2, 0.25) is 0 Å². The van der Waals surface area contributed by atoms with Crippen molar-refractivity contribution in [1.29, 1.82) is 0 Å². The van der Waals surface area contributed by atoms with E-state index >= 15 is 0 Å². The number of carbonyl (C=O) groups is 1. The summed E-state index contributed by atoms with van der Waals surface area (Å²) in [6.07, 6.45) is 0. The van der Waals surface area contributed by atoms with Gasteiger partial charge in [0.25, 0.3) is 0 Å². The van der Waals surface area contributed by atoms with Crippen molar-refractivity contribution < 1.29 is 28.8 Å². The topological polar surface area (TPSA) is 77.5 Å². The molecule has 0 aliphatic carbocycles. The van der Waals surface area contributed by atoms with Gasteiger partial charge in [-0.15, -0.1) is 0 Å². The van der Waals surface area contributed by atoms with Crippen molar-refractivity contribution in [1.82, 2.24) is 4.90 Å². The molecular weight excluding hydrogens is 434 g/mol. The fourth-order valence-electron chi connectivity index (χ4n) is 4.94. The Labute approximate surface area is 198 Å². The lowest BCUT2D eigenvalue weighted by molar-refractivity contribution is -0.143. The lowest BCUT2D eigenvalue weighted by Gasteiger charge is -2.27. The van der Waals surface area contributed by atoms with Crippen LogP contribution in [0.1, 0.15) is 23.1 Å². The highest BCUT2D eigenvalue weighted by Crippen LogP contribution is 2.47. The van der Waals surface area contributed by atoms with E-state index < -0.39 is 11.9 Å². The van der Waals surface area contributed by atoms with Crippen molar-refractivity contribution in [2.75, 3.05) is 33.6 Å². The molecule has 0 aromatic heterocycles. The molecule has 7 heteroatoms. The van der Waals surface area contributed by atoms with Crippen molar-refractivity contribution >= 4 is 5.97 Å². The van der Waals surface area contributed by atoms with E-state index in [1.54, 1.807) is 7.11 Å². The highest BCUT2D eigenvalue weighted by Gasteiger charge is 2.47. The first-order valence-electron chi connectivity index (χ1n) is 11.3. The zero-order chi connectivity index (χ0) is 23.5. The summed E-state index contributed by atoms with van der Waals surface area (Å²) in [6.45, 7) is 1.82.